The molecule has 1 N–H and O–H groups in total. The first-order valence-corrected chi connectivity index (χ1v) is 6.93. The highest BCUT2D eigenvalue weighted by atomic mass is 35.5. The fourth-order valence-corrected chi connectivity index (χ4v) is 2.36. The minimum absolute atomic E-state index is 0. The number of quaternary nitrogens is 1. The van der Waals surface area contributed by atoms with Gasteiger partial charge in [0.2, 0.25) is 0 Å². The number of halogens is 3. The molecule has 1 aromatic carbocycles. The number of rotatable bonds is 8. The van der Waals surface area contributed by atoms with Gasteiger partial charge in [-0.1, -0.05) is 30.3 Å². The van der Waals surface area contributed by atoms with Gasteiger partial charge in [-0.2, -0.15) is 0 Å². The molecule has 0 heterocycles. The molecular weight excluding hydrogens is 277 g/mol. The lowest BCUT2D eigenvalue weighted by molar-refractivity contribution is -0.895. The van der Waals surface area contributed by atoms with Crippen LogP contribution in [-0.2, 0) is 6.42 Å². The first-order chi connectivity index (χ1) is 7.86. The van der Waals surface area contributed by atoms with E-state index >= 15 is 0 Å². The van der Waals surface area contributed by atoms with Gasteiger partial charge in [-0.15, -0.1) is 23.2 Å². The van der Waals surface area contributed by atoms with Crippen LogP contribution < -0.4 is 17.3 Å². The monoisotopic (exact) mass is 295 g/mol. The zero-order chi connectivity index (χ0) is 11.6. The van der Waals surface area contributed by atoms with Crippen molar-refractivity contribution >= 4 is 23.2 Å². The predicted octanol–water partition coefficient (Wildman–Crippen LogP) is -1.01. The normalized spacial score (nSPS) is 10.3. The molecule has 0 aliphatic heterocycles. The van der Waals surface area contributed by atoms with E-state index in [0.29, 0.717) is 0 Å². The van der Waals surface area contributed by atoms with Crippen LogP contribution in [0.5, 0.6) is 0 Å². The summed E-state index contributed by atoms with van der Waals surface area (Å²) >= 11 is 11.5. The fourth-order valence-electron chi connectivity index (χ4n) is 1.83. The standard InChI is InChI=1S/C13H19Cl2N.ClH/c14-8-11-16(12-9-15)10-4-7-13-5-2-1-3-6-13;/h1-3,5-6H,4,7-12H2;1H. The van der Waals surface area contributed by atoms with Gasteiger partial charge in [0.05, 0.1) is 31.4 Å². The van der Waals surface area contributed by atoms with Crippen molar-refractivity contribution in [3.05, 3.63) is 35.9 Å². The molecule has 0 saturated carbocycles. The predicted molar refractivity (Wildman–Crippen MR) is 71.8 cm³/mol. The molecule has 0 aliphatic rings. The van der Waals surface area contributed by atoms with Gasteiger partial charge in [-0.3, -0.25) is 0 Å². The molecule has 0 saturated heterocycles. The Balaban J connectivity index is 0.00000256. The van der Waals surface area contributed by atoms with E-state index in [1.165, 1.54) is 16.9 Å². The van der Waals surface area contributed by atoms with E-state index in [-0.39, 0.29) is 12.4 Å². The molecule has 0 fully saturated rings. The van der Waals surface area contributed by atoms with Crippen LogP contribution in [0.25, 0.3) is 0 Å². The molecule has 0 bridgehead atoms. The summed E-state index contributed by atoms with van der Waals surface area (Å²) in [5.41, 5.74) is 1.42. The molecule has 0 atom stereocenters. The van der Waals surface area contributed by atoms with Crippen LogP contribution in [0.2, 0.25) is 0 Å². The van der Waals surface area contributed by atoms with E-state index in [9.17, 15) is 0 Å². The number of benzene rings is 1. The first kappa shape index (κ1) is 17.1. The summed E-state index contributed by atoms with van der Waals surface area (Å²) in [5, 5.41) is 0. The molecule has 4 heteroatoms. The van der Waals surface area contributed by atoms with Crippen LogP contribution in [0.3, 0.4) is 0 Å². The molecule has 0 aromatic heterocycles. The molecule has 1 nitrogen and oxygen atoms in total. The zero-order valence-corrected chi connectivity index (χ0v) is 12.2. The third-order valence-electron chi connectivity index (χ3n) is 2.73. The van der Waals surface area contributed by atoms with Gasteiger partial charge in [-0.25, -0.2) is 0 Å². The summed E-state index contributed by atoms with van der Waals surface area (Å²) in [6.07, 6.45) is 2.35. The Kier molecular flexibility index (Phi) is 11.2. The third-order valence-corrected chi connectivity index (χ3v) is 3.11. The molecule has 0 aliphatic carbocycles. The largest absolute Gasteiger partial charge is 1.00 e. The van der Waals surface area contributed by atoms with E-state index in [1.807, 2.05) is 0 Å². The van der Waals surface area contributed by atoms with Crippen molar-refractivity contribution in [2.24, 2.45) is 0 Å². The maximum atomic E-state index is 5.76. The molecule has 1 aromatic rings. The zero-order valence-electron chi connectivity index (χ0n) is 9.97. The number of aryl methyl sites for hydroxylation is 1. The van der Waals surface area contributed by atoms with Gasteiger partial charge in [0.25, 0.3) is 0 Å². The number of nitrogens with one attached hydrogen (secondary N) is 1. The van der Waals surface area contributed by atoms with Gasteiger partial charge < -0.3 is 17.3 Å². The van der Waals surface area contributed by atoms with Gasteiger partial charge in [0.1, 0.15) is 0 Å². The van der Waals surface area contributed by atoms with E-state index in [1.54, 1.807) is 0 Å². The van der Waals surface area contributed by atoms with Gasteiger partial charge in [-0.05, 0) is 12.0 Å². The van der Waals surface area contributed by atoms with Gasteiger partial charge >= 0.3 is 0 Å². The van der Waals surface area contributed by atoms with Crippen LogP contribution in [0.1, 0.15) is 12.0 Å². The van der Waals surface area contributed by atoms with Crippen molar-refractivity contribution in [2.75, 3.05) is 31.4 Å². The van der Waals surface area contributed by atoms with E-state index in [2.05, 4.69) is 30.3 Å². The first-order valence-electron chi connectivity index (χ1n) is 5.86. The topological polar surface area (TPSA) is 4.44 Å². The summed E-state index contributed by atoms with van der Waals surface area (Å²) in [4.78, 5) is 1.51. The average Bonchev–Trinajstić information content (AvgIpc) is 2.31. The van der Waals surface area contributed by atoms with Crippen molar-refractivity contribution in [1.29, 1.82) is 0 Å². The Bertz CT molecular complexity index is 261. The number of hydrogen-bond acceptors (Lipinski definition) is 0. The van der Waals surface area contributed by atoms with E-state index in [4.69, 9.17) is 23.2 Å². The Morgan fingerprint density at radius 1 is 0.882 bits per heavy atom. The minimum Gasteiger partial charge on any atom is -1.00 e. The lowest BCUT2D eigenvalue weighted by atomic mass is 10.1. The highest BCUT2D eigenvalue weighted by Crippen LogP contribution is 2.00. The lowest BCUT2D eigenvalue weighted by Gasteiger charge is -2.16. The second kappa shape index (κ2) is 11.2. The summed E-state index contributed by atoms with van der Waals surface area (Å²) < 4.78 is 0. The molecule has 98 valence electrons. The molecule has 0 spiro atoms. The second-order valence-corrected chi connectivity index (χ2v) is 4.72. The van der Waals surface area contributed by atoms with Crippen molar-refractivity contribution in [3.8, 4) is 0 Å². The Morgan fingerprint density at radius 2 is 1.47 bits per heavy atom. The Labute approximate surface area is 121 Å². The number of hydrogen-bond donors (Lipinski definition) is 1. The Morgan fingerprint density at radius 3 is 2.00 bits per heavy atom. The molecule has 0 amide bonds. The van der Waals surface area contributed by atoms with E-state index < -0.39 is 0 Å². The van der Waals surface area contributed by atoms with Crippen molar-refractivity contribution < 1.29 is 17.3 Å². The molecule has 1 rings (SSSR count). The van der Waals surface area contributed by atoms with Crippen molar-refractivity contribution in [2.45, 2.75) is 12.8 Å². The van der Waals surface area contributed by atoms with Crippen LogP contribution >= 0.6 is 23.2 Å². The molecular formula is C13H20Cl3N. The smallest absolute Gasteiger partial charge is 0.0908 e. The summed E-state index contributed by atoms with van der Waals surface area (Å²) in [7, 11) is 0. The summed E-state index contributed by atoms with van der Waals surface area (Å²) in [6.45, 7) is 3.19. The highest BCUT2D eigenvalue weighted by Gasteiger charge is 2.06. The third kappa shape index (κ3) is 7.88. The summed E-state index contributed by atoms with van der Waals surface area (Å²) in [5.74, 6) is 1.44. The van der Waals surface area contributed by atoms with Crippen LogP contribution in [0.4, 0.5) is 0 Å². The number of alkyl halides is 2. The summed E-state index contributed by atoms with van der Waals surface area (Å²) in [6, 6.07) is 10.6. The van der Waals surface area contributed by atoms with Crippen molar-refractivity contribution in [1.82, 2.24) is 0 Å². The minimum atomic E-state index is 0. The molecule has 0 unspecified atom stereocenters. The van der Waals surface area contributed by atoms with Gasteiger partial charge in [0, 0.05) is 6.42 Å². The average molecular weight is 297 g/mol. The highest BCUT2D eigenvalue weighted by molar-refractivity contribution is 6.18. The van der Waals surface area contributed by atoms with Crippen LogP contribution in [0, 0.1) is 0 Å². The maximum absolute atomic E-state index is 5.76. The Hall–Kier alpha value is 0.0500. The van der Waals surface area contributed by atoms with Crippen molar-refractivity contribution in [3.63, 3.8) is 0 Å². The van der Waals surface area contributed by atoms with Gasteiger partial charge in [0.15, 0.2) is 0 Å². The van der Waals surface area contributed by atoms with E-state index in [0.717, 1.165) is 37.8 Å². The fraction of sp³-hybridized carbons (Fsp3) is 0.538. The SMILES string of the molecule is ClCC[NH+](CCCl)CCCc1ccccc1.[Cl-]. The van der Waals surface area contributed by atoms with Crippen LogP contribution in [0.15, 0.2) is 30.3 Å². The van der Waals surface area contributed by atoms with Crippen LogP contribution in [-0.4, -0.2) is 31.4 Å². The maximum Gasteiger partial charge on any atom is 0.0908 e. The molecule has 0 radical (unpaired) electrons. The molecule has 17 heavy (non-hydrogen) atoms. The second-order valence-electron chi connectivity index (χ2n) is 3.97. The lowest BCUT2D eigenvalue weighted by Crippen LogP contribution is -3.12. The quantitative estimate of drug-likeness (QED) is 0.586.